The van der Waals surface area contributed by atoms with Crippen LogP contribution in [0.25, 0.3) is 0 Å². The van der Waals surface area contributed by atoms with E-state index in [0.717, 1.165) is 24.1 Å². The topological polar surface area (TPSA) is 39.9 Å². The second-order valence-corrected chi connectivity index (χ2v) is 14.7. The number of hydrogen-bond acceptors (Lipinski definition) is 3. The van der Waals surface area contributed by atoms with Crippen LogP contribution in [0.2, 0.25) is 11.1 Å². The fourth-order valence-corrected chi connectivity index (χ4v) is 8.27. The van der Waals surface area contributed by atoms with E-state index in [2.05, 4.69) is 112 Å². The van der Waals surface area contributed by atoms with Gasteiger partial charge in [0, 0.05) is 6.42 Å². The molecule has 4 nitrogen and oxygen atoms in total. The minimum Gasteiger partial charge on any atom is -0.392 e. The molecule has 0 amide bonds. The van der Waals surface area contributed by atoms with Gasteiger partial charge in [0.2, 0.25) is 0 Å². The van der Waals surface area contributed by atoms with Crippen molar-refractivity contribution in [1.29, 1.82) is 0 Å². The van der Waals surface area contributed by atoms with Gasteiger partial charge in [0.1, 0.15) is 11.8 Å². The van der Waals surface area contributed by atoms with E-state index in [1.807, 2.05) is 23.0 Å². The smallest absolute Gasteiger partial charge is 0.278 e. The first-order chi connectivity index (χ1) is 17.4. The molecule has 0 saturated carbocycles. The van der Waals surface area contributed by atoms with Crippen LogP contribution < -0.4 is 0 Å². The molecule has 192 valence electrons. The van der Waals surface area contributed by atoms with E-state index >= 15 is 0 Å². The quantitative estimate of drug-likeness (QED) is 0.142. The average molecular weight is 502 g/mol. The van der Waals surface area contributed by atoms with Crippen molar-refractivity contribution in [3.63, 3.8) is 0 Å². The first kappa shape index (κ1) is 27.9. The van der Waals surface area contributed by atoms with E-state index in [1.165, 1.54) is 24.8 Å². The van der Waals surface area contributed by atoms with Gasteiger partial charge in [0.25, 0.3) is 8.32 Å². The maximum Gasteiger partial charge on any atom is 0.278 e. The molecule has 0 aliphatic carbocycles. The molecule has 0 aliphatic heterocycles. The number of hydrogen-bond donors (Lipinski definition) is 0. The number of nitrogens with zero attached hydrogens (tertiary/aromatic N) is 3. The summed E-state index contributed by atoms with van der Waals surface area (Å²) >= 11 is 0. The van der Waals surface area contributed by atoms with Crippen molar-refractivity contribution in [3.8, 4) is 11.5 Å². The molecule has 0 saturated heterocycles. The zero-order chi connectivity index (χ0) is 26.0. The van der Waals surface area contributed by atoms with Gasteiger partial charge < -0.3 is 4.43 Å². The summed E-state index contributed by atoms with van der Waals surface area (Å²) < 4.78 is 9.15. The Balaban J connectivity index is 1.95. The van der Waals surface area contributed by atoms with Crippen LogP contribution in [-0.4, -0.2) is 23.3 Å². The van der Waals surface area contributed by atoms with Crippen LogP contribution in [0.5, 0.6) is 0 Å². The Hall–Kier alpha value is -2.68. The molecule has 0 unspecified atom stereocenters. The minimum absolute atomic E-state index is 0.0870. The van der Waals surface area contributed by atoms with Crippen LogP contribution in [0.4, 0.5) is 0 Å². The Morgan fingerprint density at radius 2 is 1.44 bits per heavy atom. The van der Waals surface area contributed by atoms with E-state index in [0.29, 0.717) is 11.1 Å². The molecule has 1 aromatic heterocycles. The molecule has 3 aromatic rings. The Kier molecular flexibility index (Phi) is 10.5. The van der Waals surface area contributed by atoms with Gasteiger partial charge in [-0.05, 0) is 35.6 Å². The molecule has 0 radical (unpaired) electrons. The molecular weight excluding hydrogens is 458 g/mol. The summed E-state index contributed by atoms with van der Waals surface area (Å²) in [6.45, 7) is 13.5. The third kappa shape index (κ3) is 6.96. The summed E-state index contributed by atoms with van der Waals surface area (Å²) in [5, 5.41) is 9.16. The lowest BCUT2D eigenvalue weighted by molar-refractivity contribution is 0.223. The van der Waals surface area contributed by atoms with Crippen molar-refractivity contribution < 1.29 is 4.43 Å². The van der Waals surface area contributed by atoms with Crippen LogP contribution in [-0.2, 0) is 4.43 Å². The van der Waals surface area contributed by atoms with Crippen molar-refractivity contribution in [2.24, 2.45) is 0 Å². The lowest BCUT2D eigenvalue weighted by Crippen LogP contribution is -2.45. The minimum atomic E-state index is -2.47. The highest BCUT2D eigenvalue weighted by Crippen LogP contribution is 2.39. The van der Waals surface area contributed by atoms with E-state index in [9.17, 15) is 0 Å². The first-order valence-electron chi connectivity index (χ1n) is 13.6. The Morgan fingerprint density at radius 1 is 0.833 bits per heavy atom. The Morgan fingerprint density at radius 3 is 2.03 bits per heavy atom. The molecule has 0 aliphatic rings. The van der Waals surface area contributed by atoms with Gasteiger partial charge in [-0.3, -0.25) is 0 Å². The summed E-state index contributed by atoms with van der Waals surface area (Å²) in [7, 11) is -2.47. The molecule has 0 fully saturated rings. The Labute approximate surface area is 219 Å². The van der Waals surface area contributed by atoms with Crippen LogP contribution in [0.3, 0.4) is 0 Å². The maximum atomic E-state index is 7.21. The maximum absolute atomic E-state index is 7.21. The lowest BCUT2D eigenvalue weighted by atomic mass is 10.1. The van der Waals surface area contributed by atoms with Gasteiger partial charge in [-0.1, -0.05) is 125 Å². The van der Waals surface area contributed by atoms with E-state index in [4.69, 9.17) is 4.43 Å². The molecule has 3 rings (SSSR count). The third-order valence-corrected chi connectivity index (χ3v) is 11.7. The van der Waals surface area contributed by atoms with Crippen molar-refractivity contribution in [2.45, 2.75) is 96.9 Å². The van der Waals surface area contributed by atoms with Crippen molar-refractivity contribution in [1.82, 2.24) is 15.0 Å². The molecule has 0 N–H and O–H groups in total. The third-order valence-electron chi connectivity index (χ3n) is 7.05. The van der Waals surface area contributed by atoms with Crippen LogP contribution in [0.1, 0.15) is 103 Å². The predicted molar refractivity (Wildman–Crippen MR) is 152 cm³/mol. The molecule has 0 spiro atoms. The average Bonchev–Trinajstić information content (AvgIpc) is 3.38. The Bertz CT molecular complexity index is 1090. The molecule has 0 bridgehead atoms. The number of rotatable bonds is 12. The molecule has 2 atom stereocenters. The van der Waals surface area contributed by atoms with Gasteiger partial charge >= 0.3 is 0 Å². The molecule has 5 heteroatoms. The summed E-state index contributed by atoms with van der Waals surface area (Å²) in [5.41, 5.74) is 7.59. The second-order valence-electron chi connectivity index (χ2n) is 10.3. The fourth-order valence-electron chi connectivity index (χ4n) is 4.70. The van der Waals surface area contributed by atoms with Crippen LogP contribution in [0.15, 0.2) is 66.9 Å². The standard InChI is InChI=1S/C31H43N3OSi/c1-7-8-9-10-11-18-23-36(25(2)3,26(4)5)35-31(29-21-16-13-17-22-29)30-24-34(33-32-30)27(6)28-19-14-12-15-20-28/h12-17,19-22,24-27,31H,7-11H2,1-6H3/t27-,31-/m1/s1. The highest BCUT2D eigenvalue weighted by molar-refractivity contribution is 6.84. The van der Waals surface area contributed by atoms with Gasteiger partial charge in [-0.15, -0.1) is 11.0 Å². The van der Waals surface area contributed by atoms with Gasteiger partial charge in [-0.2, -0.15) is 0 Å². The van der Waals surface area contributed by atoms with Crippen LogP contribution in [0, 0.1) is 11.5 Å². The van der Waals surface area contributed by atoms with E-state index in [-0.39, 0.29) is 12.1 Å². The zero-order valence-corrected chi connectivity index (χ0v) is 23.9. The molecule has 1 heterocycles. The molecular formula is C31H43N3OSi. The van der Waals surface area contributed by atoms with Gasteiger partial charge in [-0.25, -0.2) is 4.68 Å². The second kappa shape index (κ2) is 13.6. The van der Waals surface area contributed by atoms with E-state index in [1.54, 1.807) is 0 Å². The highest BCUT2D eigenvalue weighted by atomic mass is 28.4. The number of unbranched alkanes of at least 4 members (excludes halogenated alkanes) is 4. The zero-order valence-electron chi connectivity index (χ0n) is 22.9. The predicted octanol–water partition coefficient (Wildman–Crippen LogP) is 8.27. The lowest BCUT2D eigenvalue weighted by Gasteiger charge is -2.37. The summed E-state index contributed by atoms with van der Waals surface area (Å²) in [6, 6.07) is 20.9. The van der Waals surface area contributed by atoms with Crippen molar-refractivity contribution in [2.75, 3.05) is 0 Å². The first-order valence-corrected chi connectivity index (χ1v) is 15.6. The number of aromatic nitrogens is 3. The van der Waals surface area contributed by atoms with Gasteiger partial charge in [0.15, 0.2) is 0 Å². The normalized spacial score (nSPS) is 13.4. The number of benzene rings is 2. The molecule has 36 heavy (non-hydrogen) atoms. The largest absolute Gasteiger partial charge is 0.392 e. The SMILES string of the molecule is CCCCCCC#C[Si](O[C@H](c1ccccc1)c1cn([C@H](C)c2ccccc2)nn1)(C(C)C)C(C)C. The van der Waals surface area contributed by atoms with Crippen molar-refractivity contribution >= 4 is 8.32 Å². The van der Waals surface area contributed by atoms with Gasteiger partial charge in [0.05, 0.1) is 12.2 Å². The van der Waals surface area contributed by atoms with Crippen LogP contribution >= 0.6 is 0 Å². The summed E-state index contributed by atoms with van der Waals surface area (Å²) in [5.74, 6) is 3.55. The molecule has 2 aromatic carbocycles. The summed E-state index contributed by atoms with van der Waals surface area (Å²) in [4.78, 5) is 0. The fraction of sp³-hybridized carbons (Fsp3) is 0.484. The summed E-state index contributed by atoms with van der Waals surface area (Å²) in [6.07, 6.45) is 7.63. The van der Waals surface area contributed by atoms with Crippen molar-refractivity contribution in [3.05, 3.63) is 83.7 Å². The highest BCUT2D eigenvalue weighted by Gasteiger charge is 2.44. The monoisotopic (exact) mass is 501 g/mol. The van der Waals surface area contributed by atoms with E-state index < -0.39 is 8.32 Å².